The number of phenols is 2. The quantitative estimate of drug-likeness (QED) is 0.345. The second kappa shape index (κ2) is 8.46. The Hall–Kier alpha value is -3.34. The molecule has 0 heterocycles. The van der Waals surface area contributed by atoms with Crippen molar-refractivity contribution in [2.75, 3.05) is 0 Å². The van der Waals surface area contributed by atoms with Crippen LogP contribution in [0.1, 0.15) is 11.1 Å². The van der Waals surface area contributed by atoms with E-state index in [0.29, 0.717) is 0 Å². The molecule has 15 heteroatoms. The molecule has 0 unspecified atom stereocenters. The fourth-order valence-electron chi connectivity index (χ4n) is 3.12. The Kier molecular flexibility index (Phi) is 6.29. The molecule has 1 aliphatic carbocycles. The number of phenolic OH excluding ortho intramolecular Hbond substituents is 2. The molecule has 2 aromatic carbocycles. The van der Waals surface area contributed by atoms with Gasteiger partial charge in [0.2, 0.25) is 0 Å². The minimum atomic E-state index is -5.01. The molecule has 0 amide bonds. The molecule has 3 rings (SSSR count). The molecule has 0 atom stereocenters. The zero-order chi connectivity index (χ0) is 25.6. The first-order valence-electron chi connectivity index (χ1n) is 8.78. The second-order valence-electron chi connectivity index (χ2n) is 6.83. The molecule has 5 N–H and O–H groups in total. The summed E-state index contributed by atoms with van der Waals surface area (Å²) in [6.07, 6.45) is 2.58. The van der Waals surface area contributed by atoms with Crippen molar-refractivity contribution >= 4 is 41.7 Å². The predicted octanol–water partition coefficient (Wildman–Crippen LogP) is 1.30. The van der Waals surface area contributed by atoms with Crippen molar-refractivity contribution < 1.29 is 53.9 Å². The zero-order valence-corrected chi connectivity index (χ0v) is 19.0. The Labute approximate surface area is 193 Å². The fourth-order valence-corrected chi connectivity index (χ4v) is 4.93. The van der Waals surface area contributed by atoms with Gasteiger partial charge in [0, 0.05) is 0 Å². The molecule has 0 bridgehead atoms. The predicted molar refractivity (Wildman–Crippen MR) is 116 cm³/mol. The van der Waals surface area contributed by atoms with Crippen molar-refractivity contribution in [3.8, 4) is 11.5 Å². The highest BCUT2D eigenvalue weighted by Gasteiger charge is 2.27. The number of hydrogen-bond donors (Lipinski definition) is 5. The summed E-state index contributed by atoms with van der Waals surface area (Å²) in [6.45, 7) is 0. The van der Waals surface area contributed by atoms with Gasteiger partial charge in [-0.05, 0) is 58.7 Å². The summed E-state index contributed by atoms with van der Waals surface area (Å²) in [7, 11) is -14.9. The van der Waals surface area contributed by atoms with Gasteiger partial charge < -0.3 is 10.2 Å². The molecule has 1 aliphatic rings. The molecule has 0 aliphatic heterocycles. The molecule has 0 fully saturated rings. The van der Waals surface area contributed by atoms with Crippen LogP contribution in [0.15, 0.2) is 74.9 Å². The van der Waals surface area contributed by atoms with Crippen molar-refractivity contribution in [2.24, 2.45) is 0 Å². The average Bonchev–Trinajstić information content (AvgIpc) is 2.69. The van der Waals surface area contributed by atoms with Crippen LogP contribution in [0, 0.1) is 0 Å². The monoisotopic (exact) mass is 530 g/mol. The minimum Gasteiger partial charge on any atom is -0.506 e. The smallest absolute Gasteiger partial charge is 0.298 e. The maximum atomic E-state index is 11.9. The lowest BCUT2D eigenvalue weighted by atomic mass is 9.90. The average molecular weight is 531 g/mol. The molecule has 2 aromatic rings. The lowest BCUT2D eigenvalue weighted by Crippen LogP contribution is -2.14. The molecular weight excluding hydrogens is 516 g/mol. The molecule has 34 heavy (non-hydrogen) atoms. The third-order valence-electron chi connectivity index (χ3n) is 4.56. The first kappa shape index (κ1) is 25.3. The Balaban J connectivity index is 2.48. The van der Waals surface area contributed by atoms with E-state index in [4.69, 9.17) is 0 Å². The second-order valence-corrected chi connectivity index (χ2v) is 11.0. The largest absolute Gasteiger partial charge is 0.506 e. The van der Waals surface area contributed by atoms with Crippen LogP contribution in [0.25, 0.3) is 5.57 Å². The Morgan fingerprint density at radius 3 is 1.47 bits per heavy atom. The highest BCUT2D eigenvalue weighted by molar-refractivity contribution is 7.91. The van der Waals surface area contributed by atoms with Gasteiger partial charge in [0.25, 0.3) is 30.4 Å². The van der Waals surface area contributed by atoms with E-state index in [2.05, 4.69) is 0 Å². The standard InChI is InChI=1S/C19H14O12S3/c20-13-4-1-10(7-16(13)32(23,24)25)19(11-2-5-14(21)17(8-11)33(26,27)28)12-3-6-15(22)18(9-12)34(29,30)31/h1-9,20-21H,(H,23,24,25)(H,26,27,28)(H,29,30,31). The van der Waals surface area contributed by atoms with Gasteiger partial charge in [-0.25, -0.2) is 0 Å². The summed E-state index contributed by atoms with van der Waals surface area (Å²) in [5, 5.41) is 19.6. The molecular formula is C19H14O12S3. The number of carbonyl (C=O) groups is 1. The highest BCUT2D eigenvalue weighted by atomic mass is 32.2. The molecule has 0 aromatic heterocycles. The summed E-state index contributed by atoms with van der Waals surface area (Å²) in [5.74, 6) is -2.77. The van der Waals surface area contributed by atoms with Crippen LogP contribution in [0.4, 0.5) is 0 Å². The summed E-state index contributed by atoms with van der Waals surface area (Å²) in [5.41, 5.74) is -0.611. The summed E-state index contributed by atoms with van der Waals surface area (Å²) in [6, 6.07) is 5.54. The van der Waals surface area contributed by atoms with E-state index in [9.17, 15) is 53.9 Å². The highest BCUT2D eigenvalue weighted by Crippen LogP contribution is 2.37. The number of allylic oxidation sites excluding steroid dienone is 5. The van der Waals surface area contributed by atoms with Crippen molar-refractivity contribution in [1.29, 1.82) is 0 Å². The van der Waals surface area contributed by atoms with Crippen LogP contribution < -0.4 is 0 Å². The lowest BCUT2D eigenvalue weighted by Gasteiger charge is -2.17. The molecule has 12 nitrogen and oxygen atoms in total. The van der Waals surface area contributed by atoms with E-state index in [1.54, 1.807) is 0 Å². The van der Waals surface area contributed by atoms with Crippen LogP contribution in [0.2, 0.25) is 0 Å². The number of aromatic hydroxyl groups is 2. The molecule has 0 radical (unpaired) electrons. The molecule has 0 saturated carbocycles. The van der Waals surface area contributed by atoms with Crippen LogP contribution in [-0.4, -0.2) is 54.9 Å². The first-order valence-corrected chi connectivity index (χ1v) is 13.1. The van der Waals surface area contributed by atoms with Gasteiger partial charge in [-0.2, -0.15) is 25.3 Å². The molecule has 180 valence electrons. The number of carbonyl (C=O) groups excluding carboxylic acids is 1. The van der Waals surface area contributed by atoms with Crippen LogP contribution in [-0.2, 0) is 35.1 Å². The van der Waals surface area contributed by atoms with Gasteiger partial charge in [-0.15, -0.1) is 0 Å². The van der Waals surface area contributed by atoms with E-state index in [1.165, 1.54) is 0 Å². The number of rotatable bonds is 5. The van der Waals surface area contributed by atoms with Crippen LogP contribution in [0.5, 0.6) is 11.5 Å². The van der Waals surface area contributed by atoms with Crippen molar-refractivity contribution in [1.82, 2.24) is 0 Å². The van der Waals surface area contributed by atoms with Crippen molar-refractivity contribution in [3.63, 3.8) is 0 Å². The third kappa shape index (κ3) is 5.09. The lowest BCUT2D eigenvalue weighted by molar-refractivity contribution is -0.110. The van der Waals surface area contributed by atoms with E-state index in [0.717, 1.165) is 54.6 Å². The van der Waals surface area contributed by atoms with Crippen molar-refractivity contribution in [2.45, 2.75) is 9.79 Å². The Morgan fingerprint density at radius 1 is 0.647 bits per heavy atom. The van der Waals surface area contributed by atoms with Gasteiger partial charge in [0.1, 0.15) is 26.2 Å². The number of benzene rings is 2. The van der Waals surface area contributed by atoms with Gasteiger partial charge in [-0.1, -0.05) is 18.2 Å². The summed E-state index contributed by atoms with van der Waals surface area (Å²) >= 11 is 0. The van der Waals surface area contributed by atoms with E-state index in [-0.39, 0.29) is 22.3 Å². The maximum Gasteiger partial charge on any atom is 0.298 e. The zero-order valence-electron chi connectivity index (χ0n) is 16.5. The Bertz CT molecular complexity index is 1560. The Morgan fingerprint density at radius 2 is 1.09 bits per heavy atom. The topological polar surface area (TPSA) is 221 Å². The minimum absolute atomic E-state index is 0.141. The molecule has 0 spiro atoms. The SMILES string of the molecule is O=C1C=CC(=C(c2ccc(O)c(S(=O)(=O)O)c2)c2ccc(O)c(S(=O)(=O)O)c2)C=C1S(=O)(=O)O. The van der Waals surface area contributed by atoms with E-state index in [1.807, 2.05) is 0 Å². The van der Waals surface area contributed by atoms with Gasteiger partial charge in [0.05, 0.1) is 0 Å². The van der Waals surface area contributed by atoms with Gasteiger partial charge >= 0.3 is 0 Å². The first-order chi connectivity index (χ1) is 15.5. The van der Waals surface area contributed by atoms with Crippen LogP contribution >= 0.6 is 0 Å². The van der Waals surface area contributed by atoms with Crippen LogP contribution in [0.3, 0.4) is 0 Å². The maximum absolute atomic E-state index is 11.9. The third-order valence-corrected chi connectivity index (χ3v) is 7.20. The van der Waals surface area contributed by atoms with E-state index >= 15 is 0 Å². The molecule has 0 saturated heterocycles. The fraction of sp³-hybridized carbons (Fsp3) is 0. The number of hydrogen-bond acceptors (Lipinski definition) is 9. The van der Waals surface area contributed by atoms with Gasteiger partial charge in [-0.3, -0.25) is 18.5 Å². The summed E-state index contributed by atoms with van der Waals surface area (Å²) < 4.78 is 98.0. The van der Waals surface area contributed by atoms with Crippen molar-refractivity contribution in [3.05, 3.63) is 76.2 Å². The number of ketones is 1. The summed E-state index contributed by atoms with van der Waals surface area (Å²) in [4.78, 5) is 8.98. The normalized spacial score (nSPS) is 14.7. The van der Waals surface area contributed by atoms with E-state index < -0.39 is 62.3 Å². The van der Waals surface area contributed by atoms with Gasteiger partial charge in [0.15, 0.2) is 5.78 Å².